The highest BCUT2D eigenvalue weighted by Gasteiger charge is 2.28. The third-order valence-electron chi connectivity index (χ3n) is 5.34. The fourth-order valence-electron chi connectivity index (χ4n) is 3.63. The number of Topliss-reactive ketones (excluding diaryl/α,β-unsaturated/α-hetero) is 1. The second kappa shape index (κ2) is 15.9. The van der Waals surface area contributed by atoms with Crippen molar-refractivity contribution in [2.24, 2.45) is 0 Å². The van der Waals surface area contributed by atoms with E-state index in [1.54, 1.807) is 0 Å². The van der Waals surface area contributed by atoms with E-state index < -0.39 is 0 Å². The summed E-state index contributed by atoms with van der Waals surface area (Å²) < 4.78 is 5.22. The number of methoxy groups -OCH3 is 1. The van der Waals surface area contributed by atoms with Crippen LogP contribution in [0.25, 0.3) is 0 Å². The number of carbonyl (C=O) groups excluding carboxylic acids is 3. The van der Waals surface area contributed by atoms with E-state index in [4.69, 9.17) is 4.74 Å². The van der Waals surface area contributed by atoms with Crippen molar-refractivity contribution < 1.29 is 19.1 Å². The number of allylic oxidation sites excluding steroid dienone is 2. The Morgan fingerprint density at radius 3 is 2.03 bits per heavy atom. The first kappa shape index (κ1) is 25.1. The third kappa shape index (κ3) is 9.91. The second-order valence-electron chi connectivity index (χ2n) is 7.78. The summed E-state index contributed by atoms with van der Waals surface area (Å²) in [5.41, 5.74) is 0.800. The molecule has 0 bridgehead atoms. The summed E-state index contributed by atoms with van der Waals surface area (Å²) in [5, 5.41) is 3.00. The zero-order chi connectivity index (χ0) is 21.3. The number of unbranched alkanes of at least 4 members (excludes halogenated alkanes) is 11. The average molecular weight is 406 g/mol. The molecule has 0 heterocycles. The molecule has 0 aromatic heterocycles. The van der Waals surface area contributed by atoms with Gasteiger partial charge in [-0.3, -0.25) is 9.59 Å². The zero-order valence-electron chi connectivity index (χ0n) is 18.4. The predicted octanol–water partition coefficient (Wildman–Crippen LogP) is 5.19. The van der Waals surface area contributed by atoms with Gasteiger partial charge in [-0.1, -0.05) is 71.1 Å². The van der Waals surface area contributed by atoms with Gasteiger partial charge in [0.05, 0.1) is 12.8 Å². The zero-order valence-corrected chi connectivity index (χ0v) is 18.4. The topological polar surface area (TPSA) is 72.5 Å². The summed E-state index contributed by atoms with van der Waals surface area (Å²) in [5.74, 6) is -0.233. The fourth-order valence-corrected chi connectivity index (χ4v) is 3.63. The summed E-state index contributed by atoms with van der Waals surface area (Å²) in [6.45, 7) is 2.74. The summed E-state index contributed by atoms with van der Waals surface area (Å²) in [6, 6.07) is 0. The number of aldehydes is 1. The lowest BCUT2D eigenvalue weighted by atomic mass is 9.93. The van der Waals surface area contributed by atoms with Gasteiger partial charge >= 0.3 is 0 Å². The molecule has 0 aromatic rings. The number of carbonyl (C=O) groups is 3. The Morgan fingerprint density at radius 2 is 1.48 bits per heavy atom. The quantitative estimate of drug-likeness (QED) is 0.193. The van der Waals surface area contributed by atoms with E-state index in [-0.39, 0.29) is 17.3 Å². The largest absolute Gasteiger partial charge is 0.492 e. The molecule has 5 heteroatoms. The highest BCUT2D eigenvalue weighted by atomic mass is 16.5. The van der Waals surface area contributed by atoms with Crippen LogP contribution in [0.15, 0.2) is 23.1 Å². The molecule has 1 N–H and O–H groups in total. The summed E-state index contributed by atoms with van der Waals surface area (Å²) in [6.07, 6.45) is 17.5. The number of nitrogens with one attached hydrogen (secondary N) is 1. The molecule has 1 aliphatic carbocycles. The van der Waals surface area contributed by atoms with Crippen molar-refractivity contribution in [1.82, 2.24) is 5.32 Å². The molecule has 0 aliphatic heterocycles. The van der Waals surface area contributed by atoms with Crippen LogP contribution in [-0.4, -0.2) is 31.5 Å². The van der Waals surface area contributed by atoms with Crippen molar-refractivity contribution in [3.05, 3.63) is 23.1 Å². The summed E-state index contributed by atoms with van der Waals surface area (Å²) >= 11 is 0. The van der Waals surface area contributed by atoms with Crippen molar-refractivity contribution in [3.8, 4) is 0 Å². The number of ketones is 2. The van der Waals surface area contributed by atoms with Crippen molar-refractivity contribution in [3.63, 3.8) is 0 Å². The maximum absolute atomic E-state index is 12.7. The Morgan fingerprint density at radius 1 is 0.897 bits per heavy atom. The van der Waals surface area contributed by atoms with Gasteiger partial charge in [-0.15, -0.1) is 0 Å². The number of rotatable bonds is 18. The number of ether oxygens (including phenoxy) is 1. The molecule has 0 saturated heterocycles. The third-order valence-corrected chi connectivity index (χ3v) is 5.34. The van der Waals surface area contributed by atoms with Crippen LogP contribution in [0.5, 0.6) is 0 Å². The molecule has 0 aromatic carbocycles. The first-order valence-electron chi connectivity index (χ1n) is 11.4. The van der Waals surface area contributed by atoms with Crippen molar-refractivity contribution in [1.29, 1.82) is 0 Å². The van der Waals surface area contributed by atoms with E-state index >= 15 is 0 Å². The van der Waals surface area contributed by atoms with Crippen LogP contribution in [0.3, 0.4) is 0 Å². The Bertz CT molecular complexity index is 577. The van der Waals surface area contributed by atoms with Gasteiger partial charge < -0.3 is 14.8 Å². The molecule has 5 nitrogen and oxygen atoms in total. The summed E-state index contributed by atoms with van der Waals surface area (Å²) in [7, 11) is 1.44. The van der Waals surface area contributed by atoms with Gasteiger partial charge in [0, 0.05) is 24.6 Å². The molecule has 29 heavy (non-hydrogen) atoms. The molecule has 0 spiro atoms. The van der Waals surface area contributed by atoms with Gasteiger partial charge in [-0.05, 0) is 19.3 Å². The Hall–Kier alpha value is -1.91. The van der Waals surface area contributed by atoms with Gasteiger partial charge in [0.2, 0.25) is 11.6 Å². The van der Waals surface area contributed by atoms with E-state index in [0.717, 1.165) is 19.1 Å². The van der Waals surface area contributed by atoms with Gasteiger partial charge in [0.15, 0.2) is 5.76 Å². The van der Waals surface area contributed by atoms with Crippen LogP contribution >= 0.6 is 0 Å². The molecule has 1 rings (SSSR count). The smallest absolute Gasteiger partial charge is 0.222 e. The maximum atomic E-state index is 12.7. The fraction of sp³-hybridized carbons (Fsp3) is 0.708. The molecule has 0 saturated carbocycles. The highest BCUT2D eigenvalue weighted by Crippen LogP contribution is 2.24. The van der Waals surface area contributed by atoms with E-state index in [0.29, 0.717) is 37.1 Å². The predicted molar refractivity (Wildman–Crippen MR) is 117 cm³/mol. The van der Waals surface area contributed by atoms with E-state index in [1.165, 1.54) is 71.0 Å². The number of hydrogen-bond donors (Lipinski definition) is 1. The van der Waals surface area contributed by atoms with Crippen LogP contribution < -0.4 is 5.32 Å². The lowest BCUT2D eigenvalue weighted by Crippen LogP contribution is -2.29. The average Bonchev–Trinajstić information content (AvgIpc) is 2.72. The normalized spacial score (nSPS) is 14.2. The van der Waals surface area contributed by atoms with Gasteiger partial charge in [-0.2, -0.15) is 0 Å². The molecule has 1 aliphatic rings. The standard InChI is InChI=1S/C24H39NO4/c1-3-4-5-6-7-8-9-10-11-12-13-16-20-23(28)21(25-17-14-15-18-26)19-22(27)24(20)29-2/h18-19,25H,3-17H2,1-2H3. The van der Waals surface area contributed by atoms with Crippen LogP contribution in [-0.2, 0) is 19.1 Å². The maximum Gasteiger partial charge on any atom is 0.222 e. The molecular weight excluding hydrogens is 366 g/mol. The minimum absolute atomic E-state index is 0.153. The van der Waals surface area contributed by atoms with Crippen LogP contribution in [0.2, 0.25) is 0 Å². The van der Waals surface area contributed by atoms with Crippen molar-refractivity contribution in [2.45, 2.75) is 96.8 Å². The molecular formula is C24H39NO4. The Labute approximate surface area is 176 Å². The van der Waals surface area contributed by atoms with Gasteiger partial charge in [0.25, 0.3) is 0 Å². The van der Waals surface area contributed by atoms with E-state index in [1.807, 2.05) is 0 Å². The van der Waals surface area contributed by atoms with Crippen LogP contribution in [0.4, 0.5) is 0 Å². The van der Waals surface area contributed by atoms with Crippen molar-refractivity contribution in [2.75, 3.05) is 13.7 Å². The first-order chi connectivity index (χ1) is 14.2. The van der Waals surface area contributed by atoms with E-state index in [9.17, 15) is 14.4 Å². The molecule has 164 valence electrons. The lowest BCUT2D eigenvalue weighted by Gasteiger charge is -2.19. The Balaban J connectivity index is 2.32. The van der Waals surface area contributed by atoms with Gasteiger partial charge in [-0.25, -0.2) is 0 Å². The molecule has 0 amide bonds. The van der Waals surface area contributed by atoms with Crippen molar-refractivity contribution >= 4 is 17.9 Å². The van der Waals surface area contributed by atoms with Crippen LogP contribution in [0, 0.1) is 0 Å². The molecule has 0 fully saturated rings. The second-order valence-corrected chi connectivity index (χ2v) is 7.78. The lowest BCUT2D eigenvalue weighted by molar-refractivity contribution is -0.118. The molecule has 0 unspecified atom stereocenters. The molecule has 0 radical (unpaired) electrons. The van der Waals surface area contributed by atoms with E-state index in [2.05, 4.69) is 12.2 Å². The minimum Gasteiger partial charge on any atom is -0.492 e. The highest BCUT2D eigenvalue weighted by molar-refractivity contribution is 6.21. The SMILES string of the molecule is CCCCCCCCCCCCCC1=C(OC)C(=O)C=C(NCCCC=O)C1=O. The Kier molecular flexibility index (Phi) is 13.8. The summed E-state index contributed by atoms with van der Waals surface area (Å²) in [4.78, 5) is 35.4. The minimum atomic E-state index is -0.261. The monoisotopic (exact) mass is 405 g/mol. The first-order valence-corrected chi connectivity index (χ1v) is 11.4. The molecule has 0 atom stereocenters. The van der Waals surface area contributed by atoms with Crippen LogP contribution in [0.1, 0.15) is 96.8 Å². The number of hydrogen-bond acceptors (Lipinski definition) is 5. The van der Waals surface area contributed by atoms with Gasteiger partial charge in [0.1, 0.15) is 6.29 Å².